The number of aromatic nitrogens is 1. The highest BCUT2D eigenvalue weighted by Gasteiger charge is 2.14. The van der Waals surface area contributed by atoms with Crippen LogP contribution in [0.15, 0.2) is 65.5 Å². The first-order chi connectivity index (χ1) is 9.36. The van der Waals surface area contributed by atoms with Gasteiger partial charge < -0.3 is 0 Å². The molecule has 0 amide bonds. The lowest BCUT2D eigenvalue weighted by atomic mass is 9.98. The van der Waals surface area contributed by atoms with Gasteiger partial charge >= 0.3 is 0 Å². The molecule has 0 fully saturated rings. The van der Waals surface area contributed by atoms with Crippen molar-refractivity contribution in [2.75, 3.05) is 0 Å². The number of hydrogen-bond donors (Lipinski definition) is 0. The first kappa shape index (κ1) is 11.8. The van der Waals surface area contributed by atoms with Crippen molar-refractivity contribution in [3.63, 3.8) is 0 Å². The van der Waals surface area contributed by atoms with Gasteiger partial charge in [-0.25, -0.2) is 0 Å². The Labute approximate surface area is 115 Å². The third kappa shape index (κ3) is 2.33. The molecule has 3 rings (SSSR count). The molecule has 1 aromatic carbocycles. The molecule has 0 N–H and O–H groups in total. The highest BCUT2D eigenvalue weighted by Crippen LogP contribution is 2.24. The van der Waals surface area contributed by atoms with E-state index in [1.807, 2.05) is 59.3 Å². The molecule has 0 unspecified atom stereocenters. The summed E-state index contributed by atoms with van der Waals surface area (Å²) in [5, 5.41) is 3.79. The monoisotopic (exact) mass is 265 g/mol. The molecule has 2 nitrogen and oxygen atoms in total. The lowest BCUT2D eigenvalue weighted by Crippen LogP contribution is -2.02. The molecule has 0 aliphatic carbocycles. The van der Waals surface area contributed by atoms with Gasteiger partial charge in [0.05, 0.1) is 5.69 Å². The summed E-state index contributed by atoms with van der Waals surface area (Å²) in [5.74, 6) is 0.0440. The molecular weight excluding hydrogens is 254 g/mol. The van der Waals surface area contributed by atoms with Gasteiger partial charge in [0.25, 0.3) is 0 Å². The van der Waals surface area contributed by atoms with Crippen LogP contribution in [0.5, 0.6) is 0 Å². The Hall–Kier alpha value is -2.26. The van der Waals surface area contributed by atoms with Crippen LogP contribution in [0.25, 0.3) is 11.3 Å². The van der Waals surface area contributed by atoms with Gasteiger partial charge in [-0.3, -0.25) is 9.78 Å². The van der Waals surface area contributed by atoms with Crippen LogP contribution in [-0.4, -0.2) is 10.8 Å². The maximum Gasteiger partial charge on any atom is 0.194 e. The fourth-order valence-electron chi connectivity index (χ4n) is 1.98. The minimum atomic E-state index is 0.0440. The van der Waals surface area contributed by atoms with Crippen molar-refractivity contribution in [3.8, 4) is 11.3 Å². The van der Waals surface area contributed by atoms with E-state index in [0.29, 0.717) is 5.56 Å². The van der Waals surface area contributed by atoms with Crippen LogP contribution < -0.4 is 0 Å². The van der Waals surface area contributed by atoms with Gasteiger partial charge in [0.1, 0.15) is 0 Å². The summed E-state index contributed by atoms with van der Waals surface area (Å²) in [6.07, 6.45) is 1.74. The molecule has 0 atom stereocenters. The molecule has 0 bridgehead atoms. The van der Waals surface area contributed by atoms with Crippen molar-refractivity contribution in [1.29, 1.82) is 0 Å². The van der Waals surface area contributed by atoms with Crippen LogP contribution >= 0.6 is 11.3 Å². The molecule has 0 radical (unpaired) electrons. The first-order valence-corrected chi connectivity index (χ1v) is 6.88. The van der Waals surface area contributed by atoms with E-state index in [-0.39, 0.29) is 5.78 Å². The summed E-state index contributed by atoms with van der Waals surface area (Å²) in [6.45, 7) is 0. The third-order valence-electron chi connectivity index (χ3n) is 2.90. The Kier molecular flexibility index (Phi) is 3.21. The number of benzene rings is 1. The quantitative estimate of drug-likeness (QED) is 0.669. The van der Waals surface area contributed by atoms with Gasteiger partial charge in [0, 0.05) is 28.3 Å². The van der Waals surface area contributed by atoms with E-state index >= 15 is 0 Å². The van der Waals surface area contributed by atoms with Gasteiger partial charge in [-0.1, -0.05) is 30.3 Å². The van der Waals surface area contributed by atoms with E-state index in [9.17, 15) is 4.79 Å². The number of carbonyl (C=O) groups excluding carboxylic acids is 1. The van der Waals surface area contributed by atoms with Crippen LogP contribution in [0.2, 0.25) is 0 Å². The summed E-state index contributed by atoms with van der Waals surface area (Å²) in [7, 11) is 0. The van der Waals surface area contributed by atoms with Gasteiger partial charge in [0.2, 0.25) is 0 Å². The number of hydrogen-bond acceptors (Lipinski definition) is 3. The number of nitrogens with zero attached hydrogens (tertiary/aromatic N) is 1. The van der Waals surface area contributed by atoms with Crippen LogP contribution in [0.3, 0.4) is 0 Å². The molecule has 0 aliphatic heterocycles. The van der Waals surface area contributed by atoms with Crippen LogP contribution in [0.1, 0.15) is 15.9 Å². The van der Waals surface area contributed by atoms with Gasteiger partial charge in [0.15, 0.2) is 5.78 Å². The van der Waals surface area contributed by atoms with Crippen LogP contribution in [0.4, 0.5) is 0 Å². The second-order valence-corrected chi connectivity index (χ2v) is 4.88. The van der Waals surface area contributed by atoms with E-state index < -0.39 is 0 Å². The molecule has 3 aromatic rings. The van der Waals surface area contributed by atoms with Crippen molar-refractivity contribution < 1.29 is 4.79 Å². The molecule has 2 aromatic heterocycles. The van der Waals surface area contributed by atoms with Gasteiger partial charge in [-0.2, -0.15) is 11.3 Å². The van der Waals surface area contributed by atoms with Crippen molar-refractivity contribution in [1.82, 2.24) is 4.98 Å². The number of ketones is 1. The number of thiophene rings is 1. The molecule has 2 heterocycles. The highest BCUT2D eigenvalue weighted by atomic mass is 32.1. The topological polar surface area (TPSA) is 30.0 Å². The minimum absolute atomic E-state index is 0.0440. The molecule has 0 spiro atoms. The van der Waals surface area contributed by atoms with Crippen molar-refractivity contribution >= 4 is 17.1 Å². The zero-order chi connectivity index (χ0) is 13.1. The van der Waals surface area contributed by atoms with E-state index in [0.717, 1.165) is 16.8 Å². The van der Waals surface area contributed by atoms with Crippen molar-refractivity contribution in [2.24, 2.45) is 0 Å². The normalized spacial score (nSPS) is 10.3. The fourth-order valence-corrected chi connectivity index (χ4v) is 2.61. The largest absolute Gasteiger partial charge is 0.289 e. The number of pyridine rings is 1. The maximum atomic E-state index is 12.5. The lowest BCUT2D eigenvalue weighted by Gasteiger charge is -2.07. The van der Waals surface area contributed by atoms with Gasteiger partial charge in [-0.05, 0) is 23.6 Å². The lowest BCUT2D eigenvalue weighted by molar-refractivity contribution is 0.104. The Morgan fingerprint density at radius 1 is 1.00 bits per heavy atom. The highest BCUT2D eigenvalue weighted by molar-refractivity contribution is 7.08. The van der Waals surface area contributed by atoms with E-state index in [2.05, 4.69) is 4.98 Å². The summed E-state index contributed by atoms with van der Waals surface area (Å²) >= 11 is 1.53. The number of rotatable bonds is 3. The van der Waals surface area contributed by atoms with Crippen LogP contribution in [-0.2, 0) is 0 Å². The van der Waals surface area contributed by atoms with E-state index in [1.165, 1.54) is 11.3 Å². The third-order valence-corrected chi connectivity index (χ3v) is 3.58. The van der Waals surface area contributed by atoms with Crippen molar-refractivity contribution in [3.05, 3.63) is 76.6 Å². The smallest absolute Gasteiger partial charge is 0.194 e. The second-order valence-electron chi connectivity index (χ2n) is 4.10. The zero-order valence-corrected chi connectivity index (χ0v) is 10.9. The van der Waals surface area contributed by atoms with Crippen LogP contribution in [0, 0.1) is 0 Å². The molecule has 3 heteroatoms. The summed E-state index contributed by atoms with van der Waals surface area (Å²) in [5.41, 5.74) is 3.12. The average Bonchev–Trinajstić information content (AvgIpc) is 3.02. The maximum absolute atomic E-state index is 12.5. The molecule has 92 valence electrons. The summed E-state index contributed by atoms with van der Waals surface area (Å²) < 4.78 is 0. The number of carbonyl (C=O) groups is 1. The summed E-state index contributed by atoms with van der Waals surface area (Å²) in [6, 6.07) is 15.1. The molecule has 0 saturated heterocycles. The van der Waals surface area contributed by atoms with Crippen molar-refractivity contribution in [2.45, 2.75) is 0 Å². The SMILES string of the molecule is O=C(c1ccsc1)c1ccccc1-c1ccccn1. The Balaban J connectivity index is 2.11. The average molecular weight is 265 g/mol. The molecule has 19 heavy (non-hydrogen) atoms. The second kappa shape index (κ2) is 5.16. The first-order valence-electron chi connectivity index (χ1n) is 5.93. The minimum Gasteiger partial charge on any atom is -0.289 e. The molecular formula is C16H11NOS. The van der Waals surface area contributed by atoms with E-state index in [4.69, 9.17) is 0 Å². The predicted molar refractivity (Wildman–Crippen MR) is 77.4 cm³/mol. The predicted octanol–water partition coefficient (Wildman–Crippen LogP) is 4.04. The van der Waals surface area contributed by atoms with E-state index in [1.54, 1.807) is 6.20 Å². The zero-order valence-electron chi connectivity index (χ0n) is 10.1. The standard InChI is InChI=1S/C16H11NOS/c18-16(12-8-10-19-11-12)14-6-2-1-5-13(14)15-7-3-4-9-17-15/h1-11H. The Bertz CT molecular complexity index is 690. The molecule has 0 aliphatic rings. The Morgan fingerprint density at radius 2 is 1.84 bits per heavy atom. The Morgan fingerprint density at radius 3 is 2.58 bits per heavy atom. The van der Waals surface area contributed by atoms with Gasteiger partial charge in [-0.15, -0.1) is 0 Å². The molecule has 0 saturated carbocycles. The summed E-state index contributed by atoms with van der Waals surface area (Å²) in [4.78, 5) is 16.8. The fraction of sp³-hybridized carbons (Fsp3) is 0.